The van der Waals surface area contributed by atoms with Crippen LogP contribution in [0.3, 0.4) is 0 Å². The van der Waals surface area contributed by atoms with E-state index in [0.717, 1.165) is 11.3 Å². The number of anilines is 2. The third-order valence-corrected chi connectivity index (χ3v) is 7.70. The predicted molar refractivity (Wildman–Crippen MR) is 170 cm³/mol. The molecule has 2 aliphatic heterocycles. The summed E-state index contributed by atoms with van der Waals surface area (Å²) in [5.74, 6) is -1.05. The zero-order chi connectivity index (χ0) is 31.6. The van der Waals surface area contributed by atoms with E-state index in [1.165, 1.54) is 6.07 Å². The largest absolute Gasteiger partial charge is 0.444 e. The Morgan fingerprint density at radius 1 is 1.02 bits per heavy atom. The SMILES string of the molecule is CC(C)C[C@@H](NC(=O)OC(C)(C)C)C(=O)N1C[C@@H](CC2N=C(c3ccccc3F)c3ccccc3NC2=O)c2ccccc21. The molecule has 3 amide bonds. The number of aliphatic imine (C=N–C) groups is 1. The molecule has 230 valence electrons. The number of fused-ring (bicyclic) bond motifs is 2. The van der Waals surface area contributed by atoms with Crippen molar-refractivity contribution in [1.82, 2.24) is 5.32 Å². The molecule has 0 fully saturated rings. The first-order valence-electron chi connectivity index (χ1n) is 15.0. The summed E-state index contributed by atoms with van der Waals surface area (Å²) in [6.07, 6.45) is 0.0821. The minimum absolute atomic E-state index is 0.134. The molecular formula is C35H39FN4O4. The maximum Gasteiger partial charge on any atom is 0.408 e. The fourth-order valence-corrected chi connectivity index (χ4v) is 5.83. The number of nitrogens with one attached hydrogen (secondary N) is 2. The molecule has 0 spiro atoms. The van der Waals surface area contributed by atoms with Crippen LogP contribution in [-0.4, -0.2) is 47.8 Å². The van der Waals surface area contributed by atoms with Crippen LogP contribution >= 0.6 is 0 Å². The molecule has 44 heavy (non-hydrogen) atoms. The van der Waals surface area contributed by atoms with Gasteiger partial charge in [-0.1, -0.05) is 62.4 Å². The van der Waals surface area contributed by atoms with Crippen molar-refractivity contribution in [3.05, 3.63) is 95.3 Å². The maximum absolute atomic E-state index is 15.0. The molecule has 2 heterocycles. The summed E-state index contributed by atoms with van der Waals surface area (Å²) in [7, 11) is 0. The number of nitrogens with zero attached hydrogens (tertiary/aromatic N) is 2. The van der Waals surface area contributed by atoms with Gasteiger partial charge in [-0.15, -0.1) is 0 Å². The van der Waals surface area contributed by atoms with Crippen LogP contribution in [0.5, 0.6) is 0 Å². The minimum Gasteiger partial charge on any atom is -0.444 e. The van der Waals surface area contributed by atoms with Crippen LogP contribution in [0.25, 0.3) is 0 Å². The highest BCUT2D eigenvalue weighted by molar-refractivity contribution is 6.19. The molecule has 3 aromatic carbocycles. The van der Waals surface area contributed by atoms with Gasteiger partial charge < -0.3 is 20.3 Å². The minimum atomic E-state index is -0.837. The van der Waals surface area contributed by atoms with Gasteiger partial charge in [0.1, 0.15) is 23.5 Å². The number of para-hydroxylation sites is 2. The number of benzodiazepines with no additional fused rings is 1. The summed E-state index contributed by atoms with van der Waals surface area (Å²) < 4.78 is 20.5. The second-order valence-corrected chi connectivity index (χ2v) is 12.8. The van der Waals surface area contributed by atoms with E-state index in [2.05, 4.69) is 10.6 Å². The first-order chi connectivity index (χ1) is 20.9. The van der Waals surface area contributed by atoms with E-state index < -0.39 is 29.6 Å². The topological polar surface area (TPSA) is 100 Å². The summed E-state index contributed by atoms with van der Waals surface area (Å²) in [5, 5.41) is 5.78. The summed E-state index contributed by atoms with van der Waals surface area (Å²) in [5.41, 5.74) is 2.87. The molecule has 0 aromatic heterocycles. The summed E-state index contributed by atoms with van der Waals surface area (Å²) >= 11 is 0. The maximum atomic E-state index is 15.0. The van der Waals surface area contributed by atoms with E-state index in [4.69, 9.17) is 9.73 Å². The molecule has 0 saturated carbocycles. The van der Waals surface area contributed by atoms with Gasteiger partial charge in [0, 0.05) is 29.3 Å². The molecule has 0 saturated heterocycles. The second-order valence-electron chi connectivity index (χ2n) is 12.8. The lowest BCUT2D eigenvalue weighted by Gasteiger charge is -2.28. The van der Waals surface area contributed by atoms with E-state index in [1.54, 1.807) is 49.9 Å². The van der Waals surface area contributed by atoms with Gasteiger partial charge in [-0.3, -0.25) is 14.6 Å². The third-order valence-electron chi connectivity index (χ3n) is 7.70. The van der Waals surface area contributed by atoms with Crippen molar-refractivity contribution in [2.75, 3.05) is 16.8 Å². The van der Waals surface area contributed by atoms with Crippen molar-refractivity contribution in [3.8, 4) is 0 Å². The normalized spacial score (nSPS) is 18.5. The van der Waals surface area contributed by atoms with Crippen LogP contribution < -0.4 is 15.5 Å². The van der Waals surface area contributed by atoms with Crippen molar-refractivity contribution in [3.63, 3.8) is 0 Å². The molecule has 3 atom stereocenters. The van der Waals surface area contributed by atoms with Crippen molar-refractivity contribution in [1.29, 1.82) is 0 Å². The Kier molecular flexibility index (Phi) is 8.85. The lowest BCUT2D eigenvalue weighted by Crippen LogP contribution is -2.50. The zero-order valence-corrected chi connectivity index (χ0v) is 25.8. The second kappa shape index (κ2) is 12.6. The Bertz CT molecular complexity index is 1600. The molecule has 9 heteroatoms. The zero-order valence-electron chi connectivity index (χ0n) is 25.8. The number of halogens is 1. The molecule has 0 radical (unpaired) electrons. The fraction of sp³-hybridized carbons (Fsp3) is 0.371. The number of rotatable bonds is 7. The van der Waals surface area contributed by atoms with Gasteiger partial charge in [-0.25, -0.2) is 9.18 Å². The van der Waals surface area contributed by atoms with E-state index in [1.807, 2.05) is 56.3 Å². The lowest BCUT2D eigenvalue weighted by atomic mass is 9.93. The van der Waals surface area contributed by atoms with Gasteiger partial charge in [0.15, 0.2) is 0 Å². The van der Waals surface area contributed by atoms with Crippen molar-refractivity contribution < 1.29 is 23.5 Å². The van der Waals surface area contributed by atoms with Gasteiger partial charge in [0.2, 0.25) is 11.8 Å². The van der Waals surface area contributed by atoms with Crippen molar-refractivity contribution in [2.24, 2.45) is 10.9 Å². The van der Waals surface area contributed by atoms with Crippen LogP contribution in [0.15, 0.2) is 77.8 Å². The van der Waals surface area contributed by atoms with Gasteiger partial charge in [0.05, 0.1) is 11.4 Å². The molecule has 3 aromatic rings. The van der Waals surface area contributed by atoms with Gasteiger partial charge in [-0.05, 0) is 69.4 Å². The highest BCUT2D eigenvalue weighted by atomic mass is 19.1. The van der Waals surface area contributed by atoms with Crippen LogP contribution in [0.4, 0.5) is 20.6 Å². The number of carbonyl (C=O) groups is 3. The van der Waals surface area contributed by atoms with E-state index in [0.29, 0.717) is 41.9 Å². The van der Waals surface area contributed by atoms with Crippen molar-refractivity contribution in [2.45, 2.75) is 71.1 Å². The van der Waals surface area contributed by atoms with E-state index >= 15 is 4.39 Å². The number of hydrogen-bond acceptors (Lipinski definition) is 5. The molecule has 0 aliphatic carbocycles. The Balaban J connectivity index is 1.45. The molecule has 2 N–H and O–H groups in total. The first kappa shape index (κ1) is 30.9. The Morgan fingerprint density at radius 3 is 2.39 bits per heavy atom. The highest BCUT2D eigenvalue weighted by Gasteiger charge is 2.39. The van der Waals surface area contributed by atoms with Crippen LogP contribution in [0, 0.1) is 11.7 Å². The smallest absolute Gasteiger partial charge is 0.408 e. The standard InChI is InChI=1S/C35H39FN4O4/c1-21(2)18-29(39-34(43)44-35(3,4)5)33(42)40-20-22(23-12-8-11-17-30(23)40)19-28-32(41)38-27-16-10-7-14-25(27)31(37-28)24-13-6-9-15-26(24)36/h6-17,21-22,28-29H,18-20H2,1-5H3,(H,38,41)(H,39,43)/t22-,28?,29-/m1/s1. The van der Waals surface area contributed by atoms with Crippen LogP contribution in [0.1, 0.15) is 70.1 Å². The fourth-order valence-electron chi connectivity index (χ4n) is 5.83. The number of ether oxygens (including phenoxy) is 1. The third kappa shape index (κ3) is 6.82. The van der Waals surface area contributed by atoms with Gasteiger partial charge >= 0.3 is 6.09 Å². The monoisotopic (exact) mass is 598 g/mol. The van der Waals surface area contributed by atoms with Crippen LogP contribution in [0.2, 0.25) is 0 Å². The lowest BCUT2D eigenvalue weighted by molar-refractivity contribution is -0.121. The summed E-state index contributed by atoms with van der Waals surface area (Å²) in [6.45, 7) is 9.61. The van der Waals surface area contributed by atoms with Gasteiger partial charge in [0.25, 0.3) is 0 Å². The summed E-state index contributed by atoms with van der Waals surface area (Å²) in [6, 6.07) is 19.6. The number of hydrogen-bond donors (Lipinski definition) is 2. The Hall–Kier alpha value is -4.53. The average molecular weight is 599 g/mol. The predicted octanol–water partition coefficient (Wildman–Crippen LogP) is 6.44. The number of benzene rings is 3. The summed E-state index contributed by atoms with van der Waals surface area (Å²) in [4.78, 5) is 46.8. The van der Waals surface area contributed by atoms with Crippen molar-refractivity contribution >= 4 is 35.0 Å². The molecule has 8 nitrogen and oxygen atoms in total. The molecule has 1 unspecified atom stereocenters. The first-order valence-corrected chi connectivity index (χ1v) is 15.0. The van der Waals surface area contributed by atoms with Crippen LogP contribution in [-0.2, 0) is 14.3 Å². The highest BCUT2D eigenvalue weighted by Crippen LogP contribution is 2.40. The quantitative estimate of drug-likeness (QED) is 0.327. The molecule has 2 aliphatic rings. The van der Waals surface area contributed by atoms with Gasteiger partial charge in [-0.2, -0.15) is 0 Å². The van der Waals surface area contributed by atoms with E-state index in [9.17, 15) is 14.4 Å². The molecule has 0 bridgehead atoms. The Labute approximate surface area is 257 Å². The molecular weight excluding hydrogens is 559 g/mol. The van der Waals surface area contributed by atoms with E-state index in [-0.39, 0.29) is 23.7 Å². The number of carbonyl (C=O) groups excluding carboxylic acids is 3. The average Bonchev–Trinajstić information content (AvgIpc) is 3.25. The number of alkyl carbamates (subject to hydrolysis) is 1. The molecule has 5 rings (SSSR count). The number of amides is 3. The Morgan fingerprint density at radius 2 is 1.68 bits per heavy atom.